The number of carbonyl (C=O) groups is 2. The van der Waals surface area contributed by atoms with E-state index in [-0.39, 0.29) is 18.2 Å². The minimum atomic E-state index is -1.16. The predicted octanol–water partition coefficient (Wildman–Crippen LogP) is 1.33. The monoisotopic (exact) mass is 343 g/mol. The van der Waals surface area contributed by atoms with Crippen LogP contribution in [0.15, 0.2) is 48.1 Å². The number of rotatable bonds is 7. The number of carboxylic acid groups (broad SMARTS) is 1. The molecule has 1 atom stereocenters. The highest BCUT2D eigenvalue weighted by Gasteiger charge is 2.31. The number of nitrogen functional groups attached to an aromatic ring is 1. The second-order valence-corrected chi connectivity index (χ2v) is 5.89. The number of nitrogens with two attached hydrogens (primary N) is 1. The van der Waals surface area contributed by atoms with E-state index in [1.54, 1.807) is 36.4 Å². The zero-order chi connectivity index (χ0) is 18.4. The van der Waals surface area contributed by atoms with Crippen LogP contribution < -0.4 is 11.1 Å². The molecule has 0 saturated carbocycles. The average molecular weight is 343 g/mol. The number of hydrogen-bond donors (Lipinski definition) is 4. The Morgan fingerprint density at radius 1 is 1.36 bits per heavy atom. The molecule has 7 heteroatoms. The highest BCUT2D eigenvalue weighted by atomic mass is 16.5. The summed E-state index contributed by atoms with van der Waals surface area (Å²) in [5.41, 5.74) is 6.60. The number of amides is 1. The molecular formula is C18H21N3O4. The molecule has 1 aliphatic rings. The van der Waals surface area contributed by atoms with Gasteiger partial charge in [-0.15, -0.1) is 0 Å². The number of aliphatic carboxylic acids is 1. The second kappa shape index (κ2) is 7.76. The lowest BCUT2D eigenvalue weighted by molar-refractivity contribution is -0.151. The van der Waals surface area contributed by atoms with E-state index in [0.29, 0.717) is 12.0 Å². The van der Waals surface area contributed by atoms with Crippen molar-refractivity contribution in [2.24, 2.45) is 5.73 Å². The Bertz CT molecular complexity index is 737. The number of amidine groups is 1. The summed E-state index contributed by atoms with van der Waals surface area (Å²) in [5.74, 6) is -1.43. The van der Waals surface area contributed by atoms with Crippen LogP contribution in [0.3, 0.4) is 0 Å². The van der Waals surface area contributed by atoms with E-state index >= 15 is 0 Å². The van der Waals surface area contributed by atoms with E-state index < -0.39 is 18.3 Å². The van der Waals surface area contributed by atoms with Crippen LogP contribution in [0.1, 0.15) is 24.5 Å². The first-order valence-electron chi connectivity index (χ1n) is 7.76. The maximum Gasteiger partial charge on any atom is 0.329 e. The number of ether oxygens (including phenoxy) is 1. The van der Waals surface area contributed by atoms with Crippen molar-refractivity contribution in [2.75, 3.05) is 6.61 Å². The summed E-state index contributed by atoms with van der Waals surface area (Å²) in [6.45, 7) is 1.40. The molecule has 1 aromatic carbocycles. The Kier molecular flexibility index (Phi) is 5.71. The van der Waals surface area contributed by atoms with Gasteiger partial charge >= 0.3 is 5.97 Å². The SMILES string of the molecule is CC1=CCC(NC(=O)Cc2ccc(C(=N)N)cc2)(OCC(=O)O)C=C1. The zero-order valence-corrected chi connectivity index (χ0v) is 13.9. The Labute approximate surface area is 145 Å². The number of hydrogen-bond acceptors (Lipinski definition) is 4. The van der Waals surface area contributed by atoms with E-state index in [1.165, 1.54) is 0 Å². The van der Waals surface area contributed by atoms with Crippen LogP contribution in [0, 0.1) is 5.41 Å². The molecule has 0 radical (unpaired) electrons. The molecule has 1 aliphatic carbocycles. The Balaban J connectivity index is 2.05. The second-order valence-electron chi connectivity index (χ2n) is 5.89. The third-order valence-electron chi connectivity index (χ3n) is 3.78. The Morgan fingerprint density at radius 3 is 2.56 bits per heavy atom. The third-order valence-corrected chi connectivity index (χ3v) is 3.78. The number of nitrogens with one attached hydrogen (secondary N) is 2. The summed E-state index contributed by atoms with van der Waals surface area (Å²) in [4.78, 5) is 23.2. The van der Waals surface area contributed by atoms with Crippen molar-refractivity contribution in [3.05, 3.63) is 59.2 Å². The van der Waals surface area contributed by atoms with Gasteiger partial charge in [-0.05, 0) is 18.6 Å². The lowest BCUT2D eigenvalue weighted by Gasteiger charge is -2.32. The van der Waals surface area contributed by atoms with Gasteiger partial charge in [0.1, 0.15) is 12.4 Å². The fourth-order valence-corrected chi connectivity index (χ4v) is 2.41. The van der Waals surface area contributed by atoms with Gasteiger partial charge in [0.2, 0.25) is 5.91 Å². The highest BCUT2D eigenvalue weighted by molar-refractivity contribution is 5.95. The van der Waals surface area contributed by atoms with E-state index in [4.69, 9.17) is 21.0 Å². The molecule has 0 aliphatic heterocycles. The molecule has 0 aromatic heterocycles. The van der Waals surface area contributed by atoms with Crippen LogP contribution in [-0.2, 0) is 20.7 Å². The van der Waals surface area contributed by atoms with Gasteiger partial charge in [-0.1, -0.05) is 42.0 Å². The van der Waals surface area contributed by atoms with Gasteiger partial charge in [-0.2, -0.15) is 0 Å². The maximum atomic E-state index is 12.4. The minimum absolute atomic E-state index is 0.0356. The van der Waals surface area contributed by atoms with Gasteiger partial charge in [0.15, 0.2) is 5.72 Å². The van der Waals surface area contributed by atoms with Crippen LogP contribution in [-0.4, -0.2) is 35.2 Å². The zero-order valence-electron chi connectivity index (χ0n) is 13.9. The first-order valence-corrected chi connectivity index (χ1v) is 7.76. The fourth-order valence-electron chi connectivity index (χ4n) is 2.41. The molecule has 25 heavy (non-hydrogen) atoms. The van der Waals surface area contributed by atoms with Crippen LogP contribution in [0.5, 0.6) is 0 Å². The average Bonchev–Trinajstić information content (AvgIpc) is 2.56. The standard InChI is InChI=1S/C18H21N3O4/c1-12-6-8-18(9-7-12,25-11-16(23)24)21-15(22)10-13-2-4-14(5-3-13)17(19)20/h2-8H,9-11H2,1H3,(H3,19,20)(H,21,22)(H,23,24). The van der Waals surface area contributed by atoms with Crippen molar-refractivity contribution >= 4 is 17.7 Å². The van der Waals surface area contributed by atoms with Gasteiger partial charge in [0.25, 0.3) is 0 Å². The lowest BCUT2D eigenvalue weighted by atomic mass is 9.99. The molecule has 0 fully saturated rings. The van der Waals surface area contributed by atoms with Crippen LogP contribution in [0.4, 0.5) is 0 Å². The topological polar surface area (TPSA) is 126 Å². The molecule has 0 spiro atoms. The molecule has 5 N–H and O–H groups in total. The van der Waals surface area contributed by atoms with Crippen molar-refractivity contribution in [2.45, 2.75) is 25.5 Å². The van der Waals surface area contributed by atoms with Gasteiger partial charge < -0.3 is 20.9 Å². The quantitative estimate of drug-likeness (QED) is 0.338. The van der Waals surface area contributed by atoms with Crippen molar-refractivity contribution in [3.8, 4) is 0 Å². The number of carbonyl (C=O) groups excluding carboxylic acids is 1. The lowest BCUT2D eigenvalue weighted by Crippen LogP contribution is -2.50. The van der Waals surface area contributed by atoms with Crippen molar-refractivity contribution < 1.29 is 19.4 Å². The molecule has 0 heterocycles. The maximum absolute atomic E-state index is 12.4. The first-order chi connectivity index (χ1) is 11.8. The summed E-state index contributed by atoms with van der Waals surface area (Å²) in [5, 5.41) is 19.0. The summed E-state index contributed by atoms with van der Waals surface area (Å²) >= 11 is 0. The molecular weight excluding hydrogens is 322 g/mol. The van der Waals surface area contributed by atoms with Crippen molar-refractivity contribution in [3.63, 3.8) is 0 Å². The van der Waals surface area contributed by atoms with Gasteiger partial charge in [-0.3, -0.25) is 10.2 Å². The molecule has 2 rings (SSSR count). The van der Waals surface area contributed by atoms with E-state index in [9.17, 15) is 9.59 Å². The first kappa shape index (κ1) is 18.4. The number of carboxylic acids is 1. The molecule has 1 unspecified atom stereocenters. The van der Waals surface area contributed by atoms with E-state index in [1.807, 2.05) is 13.0 Å². The highest BCUT2D eigenvalue weighted by Crippen LogP contribution is 2.22. The fraction of sp³-hybridized carbons (Fsp3) is 0.278. The van der Waals surface area contributed by atoms with Crippen LogP contribution in [0.2, 0.25) is 0 Å². The molecule has 1 aromatic rings. The van der Waals surface area contributed by atoms with Crippen molar-refractivity contribution in [1.29, 1.82) is 5.41 Å². The summed E-state index contributed by atoms with van der Waals surface area (Å²) in [6, 6.07) is 6.80. The van der Waals surface area contributed by atoms with Crippen LogP contribution >= 0.6 is 0 Å². The number of allylic oxidation sites excluding steroid dienone is 2. The minimum Gasteiger partial charge on any atom is -0.480 e. The van der Waals surface area contributed by atoms with E-state index in [2.05, 4.69) is 5.32 Å². The summed E-state index contributed by atoms with van der Waals surface area (Å²) in [7, 11) is 0. The Hall–Kier alpha value is -2.93. The predicted molar refractivity (Wildman–Crippen MR) is 93.1 cm³/mol. The van der Waals surface area contributed by atoms with Gasteiger partial charge in [0, 0.05) is 12.0 Å². The largest absolute Gasteiger partial charge is 0.480 e. The summed E-state index contributed by atoms with van der Waals surface area (Å²) < 4.78 is 5.43. The number of benzene rings is 1. The molecule has 132 valence electrons. The molecule has 0 bridgehead atoms. The normalized spacial score (nSPS) is 19.2. The Morgan fingerprint density at radius 2 is 2.04 bits per heavy atom. The summed E-state index contributed by atoms with van der Waals surface area (Å²) in [6.07, 6.45) is 5.80. The van der Waals surface area contributed by atoms with Crippen molar-refractivity contribution in [1.82, 2.24) is 5.32 Å². The van der Waals surface area contributed by atoms with Gasteiger partial charge in [-0.25, -0.2) is 4.79 Å². The van der Waals surface area contributed by atoms with Crippen LogP contribution in [0.25, 0.3) is 0 Å². The van der Waals surface area contributed by atoms with E-state index in [0.717, 1.165) is 11.1 Å². The smallest absolute Gasteiger partial charge is 0.329 e. The molecule has 7 nitrogen and oxygen atoms in total. The molecule has 0 saturated heterocycles. The van der Waals surface area contributed by atoms with Gasteiger partial charge in [0.05, 0.1) is 6.42 Å². The molecule has 1 amide bonds. The third kappa shape index (κ3) is 5.29.